The molecule has 152 valence electrons. The van der Waals surface area contributed by atoms with Crippen LogP contribution in [0.3, 0.4) is 0 Å². The maximum atomic E-state index is 13.1. The number of halogens is 1. The number of fused-ring (bicyclic) bond motifs is 1. The Balaban J connectivity index is 1.73. The molecule has 0 aliphatic heterocycles. The summed E-state index contributed by atoms with van der Waals surface area (Å²) in [5, 5.41) is 3.58. The number of hydrogen-bond acceptors (Lipinski definition) is 4. The van der Waals surface area contributed by atoms with Crippen LogP contribution >= 0.6 is 11.6 Å². The summed E-state index contributed by atoms with van der Waals surface area (Å²) in [6.07, 6.45) is 0.423. The zero-order chi connectivity index (χ0) is 21.3. The van der Waals surface area contributed by atoms with Gasteiger partial charge >= 0.3 is 0 Å². The number of nitrogens with zero attached hydrogens (tertiary/aromatic N) is 4. The fourth-order valence-electron chi connectivity index (χ4n) is 3.28. The SMILES string of the molecule is CC(=O)N(Cc1ccccc1)c1nc2nc(C)c(Cc3ccc(Cl)cc3)c(=O)n2[nH]1. The van der Waals surface area contributed by atoms with Gasteiger partial charge in [-0.1, -0.05) is 54.1 Å². The van der Waals surface area contributed by atoms with E-state index in [1.807, 2.05) is 42.5 Å². The van der Waals surface area contributed by atoms with Crippen LogP contribution in [-0.2, 0) is 17.8 Å². The van der Waals surface area contributed by atoms with E-state index in [9.17, 15) is 9.59 Å². The van der Waals surface area contributed by atoms with Gasteiger partial charge in [0.05, 0.1) is 12.2 Å². The molecule has 0 unspecified atom stereocenters. The molecule has 8 heteroatoms. The Morgan fingerprint density at radius 1 is 1.07 bits per heavy atom. The lowest BCUT2D eigenvalue weighted by Crippen LogP contribution is -2.29. The van der Waals surface area contributed by atoms with E-state index in [-0.39, 0.29) is 23.2 Å². The average molecular weight is 422 g/mol. The molecule has 0 radical (unpaired) electrons. The maximum Gasteiger partial charge on any atom is 0.277 e. The summed E-state index contributed by atoms with van der Waals surface area (Å²) in [4.78, 5) is 35.7. The van der Waals surface area contributed by atoms with Gasteiger partial charge in [-0.25, -0.2) is 4.98 Å². The Kier molecular flexibility index (Phi) is 5.37. The largest absolute Gasteiger partial charge is 0.277 e. The van der Waals surface area contributed by atoms with Crippen LogP contribution in [0.25, 0.3) is 5.78 Å². The number of aromatic nitrogens is 4. The molecular formula is C22H20ClN5O2. The number of anilines is 1. The number of amides is 1. The van der Waals surface area contributed by atoms with E-state index in [2.05, 4.69) is 15.1 Å². The first-order valence-corrected chi connectivity index (χ1v) is 9.85. The number of aromatic amines is 1. The van der Waals surface area contributed by atoms with Crippen LogP contribution in [0.4, 0.5) is 5.95 Å². The van der Waals surface area contributed by atoms with E-state index in [4.69, 9.17) is 11.6 Å². The van der Waals surface area contributed by atoms with Gasteiger partial charge in [0.25, 0.3) is 11.3 Å². The van der Waals surface area contributed by atoms with Gasteiger partial charge in [-0.3, -0.25) is 19.6 Å². The summed E-state index contributed by atoms with van der Waals surface area (Å²) in [6.45, 7) is 3.58. The highest BCUT2D eigenvalue weighted by molar-refractivity contribution is 6.30. The van der Waals surface area contributed by atoms with Crippen LogP contribution in [0.2, 0.25) is 5.02 Å². The van der Waals surface area contributed by atoms with Crippen molar-refractivity contribution in [1.29, 1.82) is 0 Å². The van der Waals surface area contributed by atoms with E-state index < -0.39 is 0 Å². The molecule has 1 amide bonds. The quantitative estimate of drug-likeness (QED) is 0.534. The van der Waals surface area contributed by atoms with Crippen molar-refractivity contribution in [2.45, 2.75) is 26.8 Å². The van der Waals surface area contributed by atoms with Gasteiger partial charge in [0.1, 0.15) is 0 Å². The third-order valence-electron chi connectivity index (χ3n) is 4.90. The van der Waals surface area contributed by atoms with Crippen LogP contribution < -0.4 is 10.5 Å². The topological polar surface area (TPSA) is 83.4 Å². The van der Waals surface area contributed by atoms with Gasteiger partial charge in [-0.15, -0.1) is 0 Å². The lowest BCUT2D eigenvalue weighted by Gasteiger charge is -2.17. The van der Waals surface area contributed by atoms with Crippen molar-refractivity contribution >= 4 is 29.2 Å². The van der Waals surface area contributed by atoms with Gasteiger partial charge in [0, 0.05) is 23.9 Å². The summed E-state index contributed by atoms with van der Waals surface area (Å²) < 4.78 is 1.29. The number of carbonyl (C=O) groups is 1. The molecule has 2 aromatic heterocycles. The third-order valence-corrected chi connectivity index (χ3v) is 5.15. The highest BCUT2D eigenvalue weighted by Crippen LogP contribution is 2.16. The van der Waals surface area contributed by atoms with Gasteiger partial charge in [-0.05, 0) is 30.2 Å². The van der Waals surface area contributed by atoms with E-state index in [1.165, 1.54) is 16.3 Å². The molecule has 7 nitrogen and oxygen atoms in total. The van der Waals surface area contributed by atoms with Gasteiger partial charge in [0.15, 0.2) is 0 Å². The van der Waals surface area contributed by atoms with Gasteiger partial charge < -0.3 is 0 Å². The molecular weight excluding hydrogens is 402 g/mol. The summed E-state index contributed by atoms with van der Waals surface area (Å²) in [7, 11) is 0. The Morgan fingerprint density at radius 2 is 1.77 bits per heavy atom. The molecule has 0 atom stereocenters. The summed E-state index contributed by atoms with van der Waals surface area (Å²) in [5.41, 5.74) is 2.82. The number of rotatable bonds is 5. The first kappa shape index (κ1) is 19.8. The zero-order valence-corrected chi connectivity index (χ0v) is 17.3. The van der Waals surface area contributed by atoms with Crippen LogP contribution in [0.1, 0.15) is 29.3 Å². The summed E-state index contributed by atoms with van der Waals surface area (Å²) >= 11 is 5.95. The van der Waals surface area contributed by atoms with Gasteiger partial charge in [-0.2, -0.15) is 9.50 Å². The predicted octanol–water partition coefficient (Wildman–Crippen LogP) is 3.52. The molecule has 0 bridgehead atoms. The van der Waals surface area contributed by atoms with Crippen LogP contribution in [0, 0.1) is 6.92 Å². The van der Waals surface area contributed by atoms with E-state index in [0.29, 0.717) is 29.2 Å². The van der Waals surface area contributed by atoms with Crippen molar-refractivity contribution in [3.63, 3.8) is 0 Å². The molecule has 2 aromatic carbocycles. The van der Waals surface area contributed by atoms with Crippen molar-refractivity contribution in [2.24, 2.45) is 0 Å². The van der Waals surface area contributed by atoms with Crippen molar-refractivity contribution in [2.75, 3.05) is 4.90 Å². The fraction of sp³-hybridized carbons (Fsp3) is 0.182. The minimum absolute atomic E-state index is 0.191. The molecule has 0 saturated heterocycles. The molecule has 0 spiro atoms. The molecule has 30 heavy (non-hydrogen) atoms. The first-order chi connectivity index (χ1) is 14.4. The van der Waals surface area contributed by atoms with Gasteiger partial charge in [0.2, 0.25) is 11.9 Å². The number of aryl methyl sites for hydroxylation is 1. The molecule has 0 aliphatic rings. The number of carbonyl (C=O) groups excluding carboxylic acids is 1. The van der Waals surface area contributed by atoms with E-state index in [1.54, 1.807) is 19.1 Å². The number of nitrogens with one attached hydrogen (secondary N) is 1. The zero-order valence-electron chi connectivity index (χ0n) is 16.6. The Morgan fingerprint density at radius 3 is 2.43 bits per heavy atom. The number of benzene rings is 2. The van der Waals surface area contributed by atoms with E-state index in [0.717, 1.165) is 11.1 Å². The number of hydrogen-bond donors (Lipinski definition) is 1. The van der Waals surface area contributed by atoms with Crippen LogP contribution in [-0.4, -0.2) is 25.5 Å². The Hall–Kier alpha value is -3.45. The highest BCUT2D eigenvalue weighted by atomic mass is 35.5. The van der Waals surface area contributed by atoms with E-state index >= 15 is 0 Å². The average Bonchev–Trinajstić information content (AvgIpc) is 3.15. The monoisotopic (exact) mass is 421 g/mol. The van der Waals surface area contributed by atoms with Crippen molar-refractivity contribution in [3.05, 3.63) is 92.4 Å². The highest BCUT2D eigenvalue weighted by Gasteiger charge is 2.19. The second kappa shape index (κ2) is 8.12. The van der Waals surface area contributed by atoms with Crippen molar-refractivity contribution in [3.8, 4) is 0 Å². The maximum absolute atomic E-state index is 13.1. The standard InChI is InChI=1S/C22H20ClN5O2/c1-14-19(12-16-8-10-18(23)11-9-16)20(30)28-21(24-14)25-22(26-28)27(15(2)29)13-17-6-4-3-5-7-17/h3-11H,12-13H2,1-2H3,(H,24,25,26). The lowest BCUT2D eigenvalue weighted by atomic mass is 10.1. The molecule has 0 fully saturated rings. The molecule has 2 heterocycles. The Bertz CT molecular complexity index is 1260. The number of H-pyrrole nitrogens is 1. The van der Waals surface area contributed by atoms with Crippen LogP contribution in [0.5, 0.6) is 0 Å². The Labute approximate surface area is 178 Å². The molecule has 4 rings (SSSR count). The minimum atomic E-state index is -0.241. The first-order valence-electron chi connectivity index (χ1n) is 9.47. The lowest BCUT2D eigenvalue weighted by molar-refractivity contribution is -0.116. The molecule has 0 aliphatic carbocycles. The van der Waals surface area contributed by atoms with Crippen molar-refractivity contribution in [1.82, 2.24) is 19.6 Å². The summed E-state index contributed by atoms with van der Waals surface area (Å²) in [5.74, 6) is 0.315. The second-order valence-electron chi connectivity index (χ2n) is 7.06. The fourth-order valence-corrected chi connectivity index (χ4v) is 3.40. The molecule has 1 N–H and O–H groups in total. The summed E-state index contributed by atoms with van der Waals surface area (Å²) in [6, 6.07) is 16.9. The molecule has 4 aromatic rings. The van der Waals surface area contributed by atoms with Crippen molar-refractivity contribution < 1.29 is 4.79 Å². The normalized spacial score (nSPS) is 11.0. The predicted molar refractivity (Wildman–Crippen MR) is 116 cm³/mol. The third kappa shape index (κ3) is 3.97. The smallest absolute Gasteiger partial charge is 0.277 e. The van der Waals surface area contributed by atoms with Crippen LogP contribution in [0.15, 0.2) is 59.4 Å². The molecule has 0 saturated carbocycles. The second-order valence-corrected chi connectivity index (χ2v) is 7.49. The minimum Gasteiger partial charge on any atom is -0.277 e.